The summed E-state index contributed by atoms with van der Waals surface area (Å²) in [6.07, 6.45) is 2.85. The molecule has 20 heavy (non-hydrogen) atoms. The highest BCUT2D eigenvalue weighted by molar-refractivity contribution is 7.11. The van der Waals surface area contributed by atoms with Gasteiger partial charge in [-0.15, -0.1) is 11.3 Å². The van der Waals surface area contributed by atoms with Crippen LogP contribution >= 0.6 is 11.3 Å². The van der Waals surface area contributed by atoms with Crippen LogP contribution < -0.4 is 10.1 Å². The molecule has 0 aliphatic rings. The van der Waals surface area contributed by atoms with E-state index in [1.807, 2.05) is 18.3 Å². The smallest absolute Gasteiger partial charge is 0.119 e. The van der Waals surface area contributed by atoms with Crippen molar-refractivity contribution in [3.8, 4) is 5.75 Å². The molecule has 0 saturated heterocycles. The zero-order valence-corrected chi connectivity index (χ0v) is 13.2. The molecule has 1 aromatic heterocycles. The van der Waals surface area contributed by atoms with Crippen LogP contribution in [0.4, 0.5) is 0 Å². The van der Waals surface area contributed by atoms with Gasteiger partial charge in [-0.2, -0.15) is 0 Å². The van der Waals surface area contributed by atoms with Gasteiger partial charge in [0, 0.05) is 24.0 Å². The van der Waals surface area contributed by atoms with Crippen molar-refractivity contribution in [2.75, 3.05) is 13.7 Å². The van der Waals surface area contributed by atoms with Gasteiger partial charge in [0.1, 0.15) is 5.75 Å². The third-order valence-corrected chi connectivity index (χ3v) is 3.94. The van der Waals surface area contributed by atoms with Crippen molar-refractivity contribution in [1.82, 2.24) is 10.3 Å². The van der Waals surface area contributed by atoms with Gasteiger partial charge in [0.25, 0.3) is 0 Å². The van der Waals surface area contributed by atoms with E-state index in [0.29, 0.717) is 5.92 Å². The zero-order valence-electron chi connectivity index (χ0n) is 12.3. The van der Waals surface area contributed by atoms with E-state index in [9.17, 15) is 0 Å². The number of nitrogens with one attached hydrogen (secondary N) is 1. The van der Waals surface area contributed by atoms with E-state index >= 15 is 0 Å². The number of thiazole rings is 1. The van der Waals surface area contributed by atoms with Gasteiger partial charge in [0.05, 0.1) is 12.1 Å². The predicted molar refractivity (Wildman–Crippen MR) is 84.5 cm³/mol. The fraction of sp³-hybridized carbons (Fsp3) is 0.438. The molecule has 0 amide bonds. The highest BCUT2D eigenvalue weighted by Crippen LogP contribution is 2.19. The van der Waals surface area contributed by atoms with Crippen LogP contribution in [0.15, 0.2) is 30.5 Å². The lowest BCUT2D eigenvalue weighted by molar-refractivity contribution is 0.414. The Bertz CT molecular complexity index is 537. The molecule has 1 aromatic carbocycles. The van der Waals surface area contributed by atoms with Crippen molar-refractivity contribution in [3.05, 3.63) is 45.9 Å². The number of hydrogen-bond donors (Lipinski definition) is 1. The maximum atomic E-state index is 5.25. The van der Waals surface area contributed by atoms with Crippen molar-refractivity contribution >= 4 is 11.3 Å². The molecule has 1 N–H and O–H groups in total. The molecule has 0 radical (unpaired) electrons. The molecule has 0 spiro atoms. The summed E-state index contributed by atoms with van der Waals surface area (Å²) in [6.45, 7) is 6.39. The van der Waals surface area contributed by atoms with E-state index in [-0.39, 0.29) is 0 Å². The van der Waals surface area contributed by atoms with Crippen LogP contribution in [-0.4, -0.2) is 18.6 Å². The summed E-state index contributed by atoms with van der Waals surface area (Å²) in [4.78, 5) is 5.80. The molecule has 0 bridgehead atoms. The van der Waals surface area contributed by atoms with Crippen molar-refractivity contribution in [3.63, 3.8) is 0 Å². The normalized spacial score (nSPS) is 11.0. The Balaban J connectivity index is 1.91. The molecule has 0 unspecified atom stereocenters. The molecule has 0 aliphatic heterocycles. The highest BCUT2D eigenvalue weighted by atomic mass is 32.1. The van der Waals surface area contributed by atoms with Crippen molar-refractivity contribution in [1.29, 1.82) is 0 Å². The van der Waals surface area contributed by atoms with Gasteiger partial charge in [-0.25, -0.2) is 4.98 Å². The molecule has 4 heteroatoms. The van der Waals surface area contributed by atoms with E-state index < -0.39 is 0 Å². The molecule has 1 heterocycles. The summed E-state index contributed by atoms with van der Waals surface area (Å²) in [5, 5.41) is 4.60. The van der Waals surface area contributed by atoms with Crippen LogP contribution in [0.25, 0.3) is 0 Å². The Morgan fingerprint density at radius 1 is 1.35 bits per heavy atom. The second-order valence-electron chi connectivity index (χ2n) is 5.27. The summed E-state index contributed by atoms with van der Waals surface area (Å²) in [5.41, 5.74) is 1.24. The Kier molecular flexibility index (Phi) is 5.56. The Morgan fingerprint density at radius 2 is 2.20 bits per heavy atom. The van der Waals surface area contributed by atoms with E-state index in [4.69, 9.17) is 4.74 Å². The monoisotopic (exact) mass is 290 g/mol. The topological polar surface area (TPSA) is 34.1 Å². The molecule has 0 fully saturated rings. The van der Waals surface area contributed by atoms with Crippen molar-refractivity contribution in [2.45, 2.75) is 26.8 Å². The molecule has 3 nitrogen and oxygen atoms in total. The molecular formula is C16H22N2OS. The Labute approximate surface area is 125 Å². The van der Waals surface area contributed by atoms with E-state index in [1.165, 1.54) is 10.4 Å². The van der Waals surface area contributed by atoms with E-state index in [1.54, 1.807) is 18.4 Å². The summed E-state index contributed by atoms with van der Waals surface area (Å²) in [7, 11) is 1.70. The lowest BCUT2D eigenvalue weighted by atomic mass is 10.1. The third kappa shape index (κ3) is 4.62. The minimum atomic E-state index is 0.680. The first-order valence-electron chi connectivity index (χ1n) is 6.94. The lowest BCUT2D eigenvalue weighted by Crippen LogP contribution is -2.18. The summed E-state index contributed by atoms with van der Waals surface area (Å²) in [5.74, 6) is 1.58. The van der Waals surface area contributed by atoms with Gasteiger partial charge in [-0.05, 0) is 30.2 Å². The maximum absolute atomic E-state index is 5.25. The zero-order chi connectivity index (χ0) is 14.4. The van der Waals surface area contributed by atoms with Gasteiger partial charge >= 0.3 is 0 Å². The summed E-state index contributed by atoms with van der Waals surface area (Å²) >= 11 is 1.78. The third-order valence-electron chi connectivity index (χ3n) is 2.94. The van der Waals surface area contributed by atoms with Gasteiger partial charge in [-0.1, -0.05) is 26.0 Å². The van der Waals surface area contributed by atoms with Gasteiger partial charge in [0.2, 0.25) is 0 Å². The summed E-state index contributed by atoms with van der Waals surface area (Å²) in [6, 6.07) is 8.16. The molecule has 2 rings (SSSR count). The first-order chi connectivity index (χ1) is 9.67. The minimum absolute atomic E-state index is 0.680. The molecule has 108 valence electrons. The fourth-order valence-electron chi connectivity index (χ4n) is 1.95. The maximum Gasteiger partial charge on any atom is 0.119 e. The highest BCUT2D eigenvalue weighted by Gasteiger charge is 2.04. The Morgan fingerprint density at radius 3 is 2.95 bits per heavy atom. The lowest BCUT2D eigenvalue weighted by Gasteiger charge is -2.04. The molecular weight excluding hydrogens is 268 g/mol. The number of rotatable bonds is 7. The van der Waals surface area contributed by atoms with E-state index in [0.717, 1.165) is 30.3 Å². The number of hydrogen-bond acceptors (Lipinski definition) is 4. The first kappa shape index (κ1) is 15.0. The van der Waals surface area contributed by atoms with Crippen molar-refractivity contribution < 1.29 is 4.74 Å². The minimum Gasteiger partial charge on any atom is -0.497 e. The van der Waals surface area contributed by atoms with Crippen LogP contribution in [0.5, 0.6) is 5.75 Å². The fourth-order valence-corrected chi connectivity index (χ4v) is 2.88. The average Bonchev–Trinajstić information content (AvgIpc) is 2.86. The second-order valence-corrected chi connectivity index (χ2v) is 6.47. The van der Waals surface area contributed by atoms with E-state index in [2.05, 4.69) is 36.3 Å². The van der Waals surface area contributed by atoms with Crippen LogP contribution in [-0.2, 0) is 13.0 Å². The van der Waals surface area contributed by atoms with Crippen LogP contribution in [0.2, 0.25) is 0 Å². The van der Waals surface area contributed by atoms with Crippen LogP contribution in [0.3, 0.4) is 0 Å². The predicted octanol–water partition coefficient (Wildman–Crippen LogP) is 3.49. The number of ether oxygens (including phenoxy) is 1. The quantitative estimate of drug-likeness (QED) is 0.847. The first-order valence-corrected chi connectivity index (χ1v) is 7.76. The standard InChI is InChI=1S/C16H22N2OS/c1-12(2)9-17-10-15-11-18-16(20-15)8-13-5-4-6-14(7-13)19-3/h4-7,11-12,17H,8-10H2,1-3H3. The number of methoxy groups -OCH3 is 1. The SMILES string of the molecule is COc1cccc(Cc2ncc(CNCC(C)C)s2)c1. The molecule has 0 atom stereocenters. The number of benzene rings is 1. The molecule has 0 aliphatic carbocycles. The van der Waals surface area contributed by atoms with Crippen LogP contribution in [0, 0.1) is 5.92 Å². The average molecular weight is 290 g/mol. The number of nitrogens with zero attached hydrogens (tertiary/aromatic N) is 1. The van der Waals surface area contributed by atoms with Crippen molar-refractivity contribution in [2.24, 2.45) is 5.92 Å². The largest absolute Gasteiger partial charge is 0.497 e. The van der Waals surface area contributed by atoms with Crippen LogP contribution in [0.1, 0.15) is 29.3 Å². The Hall–Kier alpha value is -1.39. The summed E-state index contributed by atoms with van der Waals surface area (Å²) < 4.78 is 5.25. The van der Waals surface area contributed by atoms with Gasteiger partial charge < -0.3 is 10.1 Å². The second kappa shape index (κ2) is 7.41. The van der Waals surface area contributed by atoms with Gasteiger partial charge in [0.15, 0.2) is 0 Å². The molecule has 0 saturated carbocycles. The molecule has 2 aromatic rings. The number of aromatic nitrogens is 1. The van der Waals surface area contributed by atoms with Gasteiger partial charge in [-0.3, -0.25) is 0 Å².